The Hall–Kier alpha value is -1.07. The summed E-state index contributed by atoms with van der Waals surface area (Å²) >= 11 is 3.38. The summed E-state index contributed by atoms with van der Waals surface area (Å²) in [5, 5.41) is 12.3. The zero-order valence-corrected chi connectivity index (χ0v) is 14.7. The highest BCUT2D eigenvalue weighted by Gasteiger charge is 2.17. The quantitative estimate of drug-likeness (QED) is 0.787. The molecule has 0 spiro atoms. The number of aliphatic hydroxyl groups excluding tert-OH is 1. The molecule has 0 aliphatic rings. The predicted octanol–water partition coefficient (Wildman–Crippen LogP) is 3.18. The fourth-order valence-corrected chi connectivity index (χ4v) is 2.56. The van der Waals surface area contributed by atoms with Crippen LogP contribution in [-0.4, -0.2) is 23.7 Å². The average molecular weight is 358 g/mol. The van der Waals surface area contributed by atoms with Crippen molar-refractivity contribution in [2.24, 2.45) is 5.92 Å². The van der Waals surface area contributed by atoms with Gasteiger partial charge in [-0.25, -0.2) is 0 Å². The van der Waals surface area contributed by atoms with Crippen molar-refractivity contribution in [3.8, 4) is 5.75 Å². The number of halogens is 1. The Labute approximate surface area is 135 Å². The fraction of sp³-hybridized carbons (Fsp3) is 0.562. The van der Waals surface area contributed by atoms with E-state index in [-0.39, 0.29) is 12.5 Å². The van der Waals surface area contributed by atoms with Gasteiger partial charge in [0.1, 0.15) is 5.75 Å². The molecule has 1 atom stereocenters. The van der Waals surface area contributed by atoms with Crippen LogP contribution in [0, 0.1) is 12.8 Å². The van der Waals surface area contributed by atoms with Crippen LogP contribution in [0.5, 0.6) is 5.75 Å². The van der Waals surface area contributed by atoms with E-state index < -0.39 is 6.10 Å². The molecule has 1 unspecified atom stereocenters. The number of aliphatic hydroxyl groups is 1. The van der Waals surface area contributed by atoms with E-state index in [1.807, 2.05) is 13.0 Å². The Kier molecular flexibility index (Phi) is 7.18. The van der Waals surface area contributed by atoms with Crippen LogP contribution in [0.2, 0.25) is 0 Å². The van der Waals surface area contributed by atoms with Crippen LogP contribution in [0.1, 0.15) is 38.3 Å². The van der Waals surface area contributed by atoms with Gasteiger partial charge in [-0.05, 0) is 43.9 Å². The first-order chi connectivity index (χ1) is 9.85. The monoisotopic (exact) mass is 357 g/mol. The molecular formula is C16H24BrNO3. The lowest BCUT2D eigenvalue weighted by atomic mass is 10.1. The van der Waals surface area contributed by atoms with E-state index in [2.05, 4.69) is 35.1 Å². The normalized spacial score (nSPS) is 12.3. The molecule has 0 saturated heterocycles. The molecule has 0 aliphatic heterocycles. The van der Waals surface area contributed by atoms with Gasteiger partial charge in [0.2, 0.25) is 0 Å². The van der Waals surface area contributed by atoms with Crippen LogP contribution in [-0.2, 0) is 11.4 Å². The maximum Gasteiger partial charge on any atom is 0.260 e. The Morgan fingerprint density at radius 3 is 2.62 bits per heavy atom. The van der Waals surface area contributed by atoms with Crippen molar-refractivity contribution in [2.45, 2.75) is 46.8 Å². The van der Waals surface area contributed by atoms with Crippen molar-refractivity contribution in [3.63, 3.8) is 0 Å². The van der Waals surface area contributed by atoms with E-state index in [4.69, 9.17) is 4.74 Å². The topological polar surface area (TPSA) is 58.6 Å². The minimum Gasteiger partial charge on any atom is -0.480 e. The highest BCUT2D eigenvalue weighted by molar-refractivity contribution is 9.10. The molecule has 0 aliphatic carbocycles. The van der Waals surface area contributed by atoms with Crippen LogP contribution in [0.15, 0.2) is 16.6 Å². The molecule has 0 heterocycles. The number of amides is 1. The van der Waals surface area contributed by atoms with Crippen molar-refractivity contribution >= 4 is 21.8 Å². The van der Waals surface area contributed by atoms with Crippen LogP contribution in [0.25, 0.3) is 0 Å². The number of rotatable bonds is 7. The van der Waals surface area contributed by atoms with Gasteiger partial charge < -0.3 is 15.2 Å². The summed E-state index contributed by atoms with van der Waals surface area (Å²) in [7, 11) is 0. The molecular weight excluding hydrogens is 334 g/mol. The van der Waals surface area contributed by atoms with E-state index in [9.17, 15) is 9.90 Å². The molecule has 1 aromatic rings. The fourth-order valence-electron chi connectivity index (χ4n) is 1.94. The predicted molar refractivity (Wildman–Crippen MR) is 87.4 cm³/mol. The lowest BCUT2D eigenvalue weighted by molar-refractivity contribution is -0.127. The Bertz CT molecular complexity index is 489. The summed E-state index contributed by atoms with van der Waals surface area (Å²) in [6, 6.07) is 3.70. The highest BCUT2D eigenvalue weighted by atomic mass is 79.9. The minimum atomic E-state index is -0.595. The molecule has 0 bridgehead atoms. The van der Waals surface area contributed by atoms with Gasteiger partial charge in [0.25, 0.3) is 5.91 Å². The molecule has 21 heavy (non-hydrogen) atoms. The average Bonchev–Trinajstić information content (AvgIpc) is 2.40. The second-order valence-electron chi connectivity index (χ2n) is 5.60. The van der Waals surface area contributed by atoms with Crippen molar-refractivity contribution in [3.05, 3.63) is 27.7 Å². The van der Waals surface area contributed by atoms with Gasteiger partial charge in [-0.3, -0.25) is 4.79 Å². The second-order valence-corrected chi connectivity index (χ2v) is 6.52. The van der Waals surface area contributed by atoms with Crippen LogP contribution < -0.4 is 10.1 Å². The summed E-state index contributed by atoms with van der Waals surface area (Å²) in [5.41, 5.74) is 1.55. The van der Waals surface area contributed by atoms with E-state index in [1.54, 1.807) is 13.0 Å². The highest BCUT2D eigenvalue weighted by Crippen LogP contribution is 2.29. The standard InChI is InChI=1S/C16H24BrNO3/c1-10(2)5-6-18-16(20)12(4)21-15-11(3)7-14(17)8-13(15)9-19/h7-8,10,12,19H,5-6,9H2,1-4H3,(H,18,20). The third-order valence-corrected chi connectivity index (χ3v) is 3.63. The third-order valence-electron chi connectivity index (χ3n) is 3.17. The van der Waals surface area contributed by atoms with Crippen LogP contribution >= 0.6 is 15.9 Å². The molecule has 0 fully saturated rings. The number of hydrogen-bond acceptors (Lipinski definition) is 3. The van der Waals surface area contributed by atoms with Crippen molar-refractivity contribution in [1.82, 2.24) is 5.32 Å². The molecule has 1 aromatic carbocycles. The van der Waals surface area contributed by atoms with Gasteiger partial charge in [-0.15, -0.1) is 0 Å². The molecule has 1 rings (SSSR count). The third kappa shape index (κ3) is 5.67. The van der Waals surface area contributed by atoms with Crippen molar-refractivity contribution < 1.29 is 14.6 Å². The summed E-state index contributed by atoms with van der Waals surface area (Å²) < 4.78 is 6.63. The van der Waals surface area contributed by atoms with Gasteiger partial charge >= 0.3 is 0 Å². The van der Waals surface area contributed by atoms with Gasteiger partial charge in [0.05, 0.1) is 6.61 Å². The van der Waals surface area contributed by atoms with E-state index >= 15 is 0 Å². The SMILES string of the molecule is Cc1cc(Br)cc(CO)c1OC(C)C(=O)NCCC(C)C. The molecule has 0 aromatic heterocycles. The maximum atomic E-state index is 12.0. The van der Waals surface area contributed by atoms with Crippen LogP contribution in [0.4, 0.5) is 0 Å². The summed E-state index contributed by atoms with van der Waals surface area (Å²) in [4.78, 5) is 12.0. The Morgan fingerprint density at radius 1 is 1.38 bits per heavy atom. The minimum absolute atomic E-state index is 0.128. The van der Waals surface area contributed by atoms with E-state index in [0.29, 0.717) is 23.8 Å². The zero-order valence-electron chi connectivity index (χ0n) is 13.1. The number of benzene rings is 1. The Balaban J connectivity index is 2.70. The largest absolute Gasteiger partial charge is 0.480 e. The molecule has 4 nitrogen and oxygen atoms in total. The molecule has 2 N–H and O–H groups in total. The lowest BCUT2D eigenvalue weighted by Gasteiger charge is -2.19. The number of carbonyl (C=O) groups excluding carboxylic acids is 1. The van der Waals surface area contributed by atoms with E-state index in [0.717, 1.165) is 16.5 Å². The molecule has 5 heteroatoms. The van der Waals surface area contributed by atoms with Gasteiger partial charge in [0, 0.05) is 16.6 Å². The maximum absolute atomic E-state index is 12.0. The first kappa shape index (κ1) is 18.0. The first-order valence-corrected chi connectivity index (χ1v) is 7.98. The van der Waals surface area contributed by atoms with Gasteiger partial charge in [0.15, 0.2) is 6.10 Å². The Morgan fingerprint density at radius 2 is 2.05 bits per heavy atom. The molecule has 1 amide bonds. The van der Waals surface area contributed by atoms with Gasteiger partial charge in [-0.1, -0.05) is 29.8 Å². The molecule has 118 valence electrons. The smallest absolute Gasteiger partial charge is 0.260 e. The molecule has 0 radical (unpaired) electrons. The number of nitrogens with one attached hydrogen (secondary N) is 1. The number of hydrogen-bond donors (Lipinski definition) is 2. The van der Waals surface area contributed by atoms with Crippen LogP contribution in [0.3, 0.4) is 0 Å². The van der Waals surface area contributed by atoms with Crippen molar-refractivity contribution in [2.75, 3.05) is 6.54 Å². The first-order valence-electron chi connectivity index (χ1n) is 7.19. The van der Waals surface area contributed by atoms with Gasteiger partial charge in [-0.2, -0.15) is 0 Å². The lowest BCUT2D eigenvalue weighted by Crippen LogP contribution is -2.37. The summed E-state index contributed by atoms with van der Waals surface area (Å²) in [6.07, 6.45) is 0.347. The van der Waals surface area contributed by atoms with E-state index in [1.165, 1.54) is 0 Å². The zero-order chi connectivity index (χ0) is 16.0. The molecule has 0 saturated carbocycles. The second kappa shape index (κ2) is 8.39. The number of aryl methyl sites for hydroxylation is 1. The summed E-state index contributed by atoms with van der Waals surface area (Å²) in [5.74, 6) is 0.991. The summed E-state index contributed by atoms with van der Waals surface area (Å²) in [6.45, 7) is 8.36. The number of ether oxygens (including phenoxy) is 1. The van der Waals surface area contributed by atoms with Crippen molar-refractivity contribution in [1.29, 1.82) is 0 Å². The number of carbonyl (C=O) groups is 1.